The summed E-state index contributed by atoms with van der Waals surface area (Å²) in [4.78, 5) is 16.8. The number of hydrogen-bond acceptors (Lipinski definition) is 4. The highest BCUT2D eigenvalue weighted by Crippen LogP contribution is 2.18. The Morgan fingerprint density at radius 3 is 2.45 bits per heavy atom. The van der Waals surface area contributed by atoms with Crippen molar-refractivity contribution in [3.05, 3.63) is 75.6 Å². The molecular weight excluding hydrogens is 410 g/mol. The van der Waals surface area contributed by atoms with Gasteiger partial charge < -0.3 is 5.32 Å². The number of amides is 1. The molecule has 0 saturated carbocycles. The number of aryl methyl sites for hydroxylation is 3. The molecule has 0 bridgehead atoms. The molecule has 0 spiro atoms. The van der Waals surface area contributed by atoms with E-state index in [-0.39, 0.29) is 11.9 Å². The van der Waals surface area contributed by atoms with Crippen molar-refractivity contribution < 1.29 is 4.79 Å². The van der Waals surface area contributed by atoms with Crippen molar-refractivity contribution >= 4 is 17.5 Å². The topological polar surface area (TPSA) is 63.1 Å². The fourth-order valence-electron chi connectivity index (χ4n) is 4.06. The first-order chi connectivity index (χ1) is 14.9. The second kappa shape index (κ2) is 9.20. The highest BCUT2D eigenvalue weighted by Gasteiger charge is 2.24. The Hall–Kier alpha value is -2.70. The monoisotopic (exact) mass is 437 g/mol. The Bertz CT molecular complexity index is 1070. The first kappa shape index (κ1) is 21.5. The maximum atomic E-state index is 12.9. The highest BCUT2D eigenvalue weighted by atomic mass is 35.5. The molecule has 1 aliphatic rings. The van der Waals surface area contributed by atoms with Crippen molar-refractivity contribution in [2.75, 3.05) is 13.1 Å². The van der Waals surface area contributed by atoms with Crippen LogP contribution in [0.15, 0.2) is 42.5 Å². The van der Waals surface area contributed by atoms with Crippen LogP contribution >= 0.6 is 11.6 Å². The lowest BCUT2D eigenvalue weighted by atomic mass is 10.0. The third kappa shape index (κ3) is 5.14. The fraction of sp³-hybridized carbons (Fsp3) is 0.375. The summed E-state index contributed by atoms with van der Waals surface area (Å²) in [6, 6.07) is 14.2. The molecular formula is C24H28ClN5O. The molecule has 1 fully saturated rings. The van der Waals surface area contributed by atoms with Gasteiger partial charge in [0.25, 0.3) is 5.91 Å². The van der Waals surface area contributed by atoms with Gasteiger partial charge in [-0.25, -0.2) is 0 Å². The number of nitrogens with zero attached hydrogens (tertiary/aromatic N) is 4. The first-order valence-electron chi connectivity index (χ1n) is 10.7. The summed E-state index contributed by atoms with van der Waals surface area (Å²) >= 11 is 5.97. The van der Waals surface area contributed by atoms with Gasteiger partial charge in [-0.05, 0) is 62.9 Å². The summed E-state index contributed by atoms with van der Waals surface area (Å²) in [6.07, 6.45) is 1.84. The average molecular weight is 438 g/mol. The number of carbonyl (C=O) groups is 1. The van der Waals surface area contributed by atoms with E-state index in [1.54, 1.807) is 4.80 Å². The summed E-state index contributed by atoms with van der Waals surface area (Å²) in [7, 11) is 0. The lowest BCUT2D eigenvalue weighted by Gasteiger charge is -2.32. The lowest BCUT2D eigenvalue weighted by Crippen LogP contribution is -2.44. The largest absolute Gasteiger partial charge is 0.348 e. The maximum absolute atomic E-state index is 12.9. The molecule has 0 unspecified atom stereocenters. The van der Waals surface area contributed by atoms with Gasteiger partial charge in [-0.3, -0.25) is 9.69 Å². The standard InChI is InChI=1S/C24H28ClN5O/c1-16-4-9-22(17(2)14-16)30-27-18(3)23(28-30)24(31)26-21-10-12-29(13-11-21)15-19-5-7-20(25)8-6-19/h4-9,14,21H,10-13,15H2,1-3H3,(H,26,31). The van der Waals surface area contributed by atoms with Crippen LogP contribution in [-0.4, -0.2) is 44.9 Å². The molecule has 3 aromatic rings. The molecule has 1 N–H and O–H groups in total. The van der Waals surface area contributed by atoms with Crippen LogP contribution in [-0.2, 0) is 6.54 Å². The average Bonchev–Trinajstić information content (AvgIpc) is 3.12. The minimum absolute atomic E-state index is 0.148. The Morgan fingerprint density at radius 2 is 1.77 bits per heavy atom. The molecule has 162 valence electrons. The van der Waals surface area contributed by atoms with E-state index in [1.165, 1.54) is 11.1 Å². The first-order valence-corrected chi connectivity index (χ1v) is 11.1. The van der Waals surface area contributed by atoms with Crippen LogP contribution in [0.4, 0.5) is 0 Å². The quantitative estimate of drug-likeness (QED) is 0.648. The van der Waals surface area contributed by atoms with Crippen LogP contribution in [0.1, 0.15) is 45.7 Å². The molecule has 1 aromatic heterocycles. The number of halogens is 1. The minimum atomic E-state index is -0.148. The Balaban J connectivity index is 1.35. The smallest absolute Gasteiger partial charge is 0.273 e. The zero-order valence-corrected chi connectivity index (χ0v) is 19.0. The van der Waals surface area contributed by atoms with Gasteiger partial charge in [0.1, 0.15) is 0 Å². The van der Waals surface area contributed by atoms with E-state index in [4.69, 9.17) is 11.6 Å². The van der Waals surface area contributed by atoms with Crippen molar-refractivity contribution in [1.29, 1.82) is 0 Å². The number of likely N-dealkylation sites (tertiary alicyclic amines) is 1. The molecule has 4 rings (SSSR count). The summed E-state index contributed by atoms with van der Waals surface area (Å²) in [5.41, 5.74) is 5.44. The van der Waals surface area contributed by atoms with Crippen molar-refractivity contribution in [1.82, 2.24) is 25.2 Å². The van der Waals surface area contributed by atoms with E-state index in [2.05, 4.69) is 45.5 Å². The zero-order chi connectivity index (χ0) is 22.0. The summed E-state index contributed by atoms with van der Waals surface area (Å²) in [5.74, 6) is -0.148. The van der Waals surface area contributed by atoms with Crippen LogP contribution in [0.5, 0.6) is 0 Å². The number of benzene rings is 2. The normalized spacial score (nSPS) is 15.2. The number of carbonyl (C=O) groups excluding carboxylic acids is 1. The Morgan fingerprint density at radius 1 is 1.06 bits per heavy atom. The predicted octanol–water partition coefficient (Wildman–Crippen LogP) is 4.24. The number of rotatable bonds is 5. The van der Waals surface area contributed by atoms with E-state index in [9.17, 15) is 4.79 Å². The number of piperidine rings is 1. The number of aromatic nitrogens is 3. The SMILES string of the molecule is Cc1ccc(-n2nc(C)c(C(=O)NC3CCN(Cc4ccc(Cl)cc4)CC3)n2)c(C)c1. The third-order valence-corrected chi connectivity index (χ3v) is 6.06. The van der Waals surface area contributed by atoms with Gasteiger partial charge in [0.15, 0.2) is 5.69 Å². The van der Waals surface area contributed by atoms with Crippen molar-refractivity contribution in [3.8, 4) is 5.69 Å². The van der Waals surface area contributed by atoms with E-state index in [1.807, 2.05) is 38.1 Å². The molecule has 1 saturated heterocycles. The van der Waals surface area contributed by atoms with Gasteiger partial charge in [-0.2, -0.15) is 9.90 Å². The third-order valence-electron chi connectivity index (χ3n) is 5.81. The van der Waals surface area contributed by atoms with Gasteiger partial charge in [0.2, 0.25) is 0 Å². The fourth-order valence-corrected chi connectivity index (χ4v) is 4.19. The van der Waals surface area contributed by atoms with Gasteiger partial charge in [0, 0.05) is 30.7 Å². The van der Waals surface area contributed by atoms with Crippen molar-refractivity contribution in [2.24, 2.45) is 0 Å². The highest BCUT2D eigenvalue weighted by molar-refractivity contribution is 6.30. The molecule has 7 heteroatoms. The van der Waals surface area contributed by atoms with Crippen LogP contribution in [0, 0.1) is 20.8 Å². The van der Waals surface area contributed by atoms with E-state index < -0.39 is 0 Å². The zero-order valence-electron chi connectivity index (χ0n) is 18.2. The van der Waals surface area contributed by atoms with E-state index >= 15 is 0 Å². The van der Waals surface area contributed by atoms with Gasteiger partial charge >= 0.3 is 0 Å². The van der Waals surface area contributed by atoms with Gasteiger partial charge in [0.05, 0.1) is 11.4 Å². The molecule has 0 atom stereocenters. The molecule has 1 amide bonds. The number of nitrogens with one attached hydrogen (secondary N) is 1. The van der Waals surface area contributed by atoms with Crippen LogP contribution in [0.25, 0.3) is 5.69 Å². The van der Waals surface area contributed by atoms with Crippen molar-refractivity contribution in [2.45, 2.75) is 46.2 Å². The van der Waals surface area contributed by atoms with Gasteiger partial charge in [-0.1, -0.05) is 41.4 Å². The molecule has 2 heterocycles. The van der Waals surface area contributed by atoms with E-state index in [0.717, 1.165) is 48.7 Å². The molecule has 6 nitrogen and oxygen atoms in total. The number of hydrogen-bond donors (Lipinski definition) is 1. The van der Waals surface area contributed by atoms with Crippen LogP contribution < -0.4 is 5.32 Å². The summed E-state index contributed by atoms with van der Waals surface area (Å²) in [6.45, 7) is 8.71. The summed E-state index contributed by atoms with van der Waals surface area (Å²) in [5, 5.41) is 12.9. The molecule has 2 aromatic carbocycles. The van der Waals surface area contributed by atoms with Crippen molar-refractivity contribution in [3.63, 3.8) is 0 Å². The lowest BCUT2D eigenvalue weighted by molar-refractivity contribution is 0.0903. The Labute approximate surface area is 188 Å². The van der Waals surface area contributed by atoms with Gasteiger partial charge in [-0.15, -0.1) is 5.10 Å². The summed E-state index contributed by atoms with van der Waals surface area (Å²) < 4.78 is 0. The minimum Gasteiger partial charge on any atom is -0.348 e. The molecule has 1 aliphatic heterocycles. The van der Waals surface area contributed by atoms with Crippen LogP contribution in [0.3, 0.4) is 0 Å². The molecule has 31 heavy (non-hydrogen) atoms. The Kier molecular flexibility index (Phi) is 6.39. The molecule has 0 radical (unpaired) electrons. The maximum Gasteiger partial charge on any atom is 0.273 e. The van der Waals surface area contributed by atoms with Crippen LogP contribution in [0.2, 0.25) is 5.02 Å². The predicted molar refractivity (Wildman–Crippen MR) is 123 cm³/mol. The molecule has 0 aliphatic carbocycles. The van der Waals surface area contributed by atoms with E-state index in [0.29, 0.717) is 11.4 Å². The second-order valence-corrected chi connectivity index (χ2v) is 8.80. The second-order valence-electron chi connectivity index (χ2n) is 8.36.